The number of hydrogen-bond acceptors (Lipinski definition) is 3. The Morgan fingerprint density at radius 3 is 2.21 bits per heavy atom. The van der Waals surface area contributed by atoms with Crippen molar-refractivity contribution < 1.29 is 23.9 Å². The lowest BCUT2D eigenvalue weighted by Crippen LogP contribution is -2.66. The zero-order valence-corrected chi connectivity index (χ0v) is 26.4. The van der Waals surface area contributed by atoms with Crippen LogP contribution in [-0.4, -0.2) is 22.6 Å². The van der Waals surface area contributed by atoms with Crippen molar-refractivity contribution in [3.63, 3.8) is 0 Å². The average molecular weight is 575 g/mol. The minimum atomic E-state index is -0.776. The van der Waals surface area contributed by atoms with Crippen molar-refractivity contribution in [3.8, 4) is 0 Å². The number of rotatable bonds is 2. The van der Waals surface area contributed by atoms with Gasteiger partial charge in [0.2, 0.25) is 0 Å². The number of carbonyl (C=O) groups excluding carboxylic acids is 2. The highest BCUT2D eigenvalue weighted by Gasteiger charge is 2.70. The summed E-state index contributed by atoms with van der Waals surface area (Å²) in [7, 11) is 0. The maximum Gasteiger partial charge on any atom is 0.309 e. The third-order valence-corrected chi connectivity index (χ3v) is 13.9. The fourth-order valence-electron chi connectivity index (χ4n) is 11.1. The molecule has 0 aliphatic heterocycles. The number of carboxylic acid groups (broad SMARTS) is 1. The zero-order valence-electron chi connectivity index (χ0n) is 26.4. The van der Waals surface area contributed by atoms with Gasteiger partial charge in [-0.3, -0.25) is 14.4 Å². The van der Waals surface area contributed by atoms with Crippen molar-refractivity contribution >= 4 is 23.6 Å². The molecule has 0 saturated heterocycles. The van der Waals surface area contributed by atoms with Gasteiger partial charge in [0.1, 0.15) is 5.82 Å². The van der Waals surface area contributed by atoms with E-state index in [1.807, 2.05) is 19.1 Å². The van der Waals surface area contributed by atoms with Crippen LogP contribution in [0, 0.1) is 56.1 Å². The molecule has 5 aliphatic carbocycles. The largest absolute Gasteiger partial charge is 0.481 e. The molecule has 4 fully saturated rings. The van der Waals surface area contributed by atoms with Gasteiger partial charge in [0.25, 0.3) is 0 Å². The van der Waals surface area contributed by atoms with Crippen molar-refractivity contribution in [1.29, 1.82) is 0 Å². The first kappa shape index (κ1) is 29.5. The first-order valence-corrected chi connectivity index (χ1v) is 15.9. The zero-order chi connectivity index (χ0) is 30.7. The molecule has 0 bridgehead atoms. The summed E-state index contributed by atoms with van der Waals surface area (Å²) in [4.78, 5) is 40.9. The van der Waals surface area contributed by atoms with E-state index >= 15 is 0 Å². The minimum absolute atomic E-state index is 0.00912. The molecule has 0 heterocycles. The summed E-state index contributed by atoms with van der Waals surface area (Å²) < 4.78 is 13.6. The van der Waals surface area contributed by atoms with Crippen LogP contribution in [0.2, 0.25) is 0 Å². The van der Waals surface area contributed by atoms with E-state index in [0.717, 1.165) is 43.2 Å². The highest BCUT2D eigenvalue weighted by atomic mass is 19.1. The number of benzene rings is 1. The van der Waals surface area contributed by atoms with Gasteiger partial charge >= 0.3 is 5.97 Å². The molecule has 42 heavy (non-hydrogen) atoms. The van der Waals surface area contributed by atoms with E-state index in [2.05, 4.69) is 41.5 Å². The predicted octanol–water partition coefficient (Wildman–Crippen LogP) is 8.45. The van der Waals surface area contributed by atoms with Gasteiger partial charge in [-0.25, -0.2) is 4.39 Å². The molecular formula is C37H47FO4. The van der Waals surface area contributed by atoms with Crippen molar-refractivity contribution in [3.05, 3.63) is 52.9 Å². The predicted molar refractivity (Wildman–Crippen MR) is 162 cm³/mol. The molecule has 0 amide bonds. The first-order valence-electron chi connectivity index (χ1n) is 15.9. The number of ketones is 2. The van der Waals surface area contributed by atoms with Gasteiger partial charge < -0.3 is 5.11 Å². The molecule has 0 spiro atoms. The molecule has 5 aliphatic rings. The molecular weight excluding hydrogens is 527 g/mol. The van der Waals surface area contributed by atoms with Crippen molar-refractivity contribution in [1.82, 2.24) is 0 Å². The van der Waals surface area contributed by atoms with Crippen LogP contribution in [0.1, 0.15) is 105 Å². The van der Waals surface area contributed by atoms with Crippen molar-refractivity contribution in [2.24, 2.45) is 50.2 Å². The monoisotopic (exact) mass is 574 g/mol. The van der Waals surface area contributed by atoms with E-state index in [1.54, 1.807) is 12.1 Å². The second-order valence-corrected chi connectivity index (χ2v) is 16.5. The Hall–Kier alpha value is -2.56. The van der Waals surface area contributed by atoms with Crippen LogP contribution in [0.4, 0.5) is 4.39 Å². The Kier molecular flexibility index (Phi) is 6.31. The van der Waals surface area contributed by atoms with E-state index in [9.17, 15) is 23.9 Å². The molecule has 0 aromatic heterocycles. The maximum absolute atomic E-state index is 14.6. The highest BCUT2D eigenvalue weighted by Crippen LogP contribution is 2.75. The molecule has 1 aromatic rings. The second kappa shape index (κ2) is 8.99. The van der Waals surface area contributed by atoms with Gasteiger partial charge in [0.15, 0.2) is 11.6 Å². The number of fused-ring (bicyclic) bond motifs is 7. The van der Waals surface area contributed by atoms with Gasteiger partial charge in [-0.15, -0.1) is 0 Å². The summed E-state index contributed by atoms with van der Waals surface area (Å²) in [5.41, 5.74) is 0.403. The topological polar surface area (TPSA) is 71.4 Å². The Bertz CT molecular complexity index is 1440. The molecule has 1 N–H and O–H groups in total. The highest BCUT2D eigenvalue weighted by molar-refractivity contribution is 6.05. The molecule has 0 radical (unpaired) electrons. The van der Waals surface area contributed by atoms with Crippen molar-refractivity contribution in [2.75, 3.05) is 0 Å². The quantitative estimate of drug-likeness (QED) is 0.360. The Balaban J connectivity index is 1.46. The van der Waals surface area contributed by atoms with E-state index in [1.165, 1.54) is 17.7 Å². The molecule has 8 unspecified atom stereocenters. The molecule has 5 heteroatoms. The lowest BCUT2D eigenvalue weighted by atomic mass is 9.33. The molecule has 1 aromatic carbocycles. The van der Waals surface area contributed by atoms with Crippen LogP contribution in [0.25, 0.3) is 6.08 Å². The number of Topliss-reactive ketones (excluding diaryl/α,β-unsaturated/α-hetero) is 1. The van der Waals surface area contributed by atoms with Gasteiger partial charge in [-0.1, -0.05) is 59.2 Å². The number of halogens is 1. The Morgan fingerprint density at radius 1 is 0.929 bits per heavy atom. The van der Waals surface area contributed by atoms with E-state index in [4.69, 9.17) is 0 Å². The fraction of sp³-hybridized carbons (Fsp3) is 0.649. The first-order chi connectivity index (χ1) is 19.4. The van der Waals surface area contributed by atoms with Crippen LogP contribution >= 0.6 is 0 Å². The van der Waals surface area contributed by atoms with Gasteiger partial charge in [-0.05, 0) is 127 Å². The van der Waals surface area contributed by atoms with Gasteiger partial charge in [-0.2, -0.15) is 0 Å². The van der Waals surface area contributed by atoms with Gasteiger partial charge in [0, 0.05) is 11.3 Å². The molecule has 4 saturated carbocycles. The van der Waals surface area contributed by atoms with Crippen LogP contribution in [0.3, 0.4) is 0 Å². The van der Waals surface area contributed by atoms with Gasteiger partial charge in [0.05, 0.1) is 5.41 Å². The van der Waals surface area contributed by atoms with E-state index < -0.39 is 22.2 Å². The lowest BCUT2D eigenvalue weighted by molar-refractivity contribution is -0.183. The summed E-state index contributed by atoms with van der Waals surface area (Å²) >= 11 is 0. The number of hydrogen-bond donors (Lipinski definition) is 1. The Morgan fingerprint density at radius 2 is 1.57 bits per heavy atom. The SMILES string of the molecule is CC1(C(=O)O)CCC2(C)CCC3(C)C(=CC(=O)C4C5(C)C/C(=C\c6ccc(F)cc6)C(=O)C(C)(C)C5CCC43C)C2C1. The van der Waals surface area contributed by atoms with E-state index in [0.29, 0.717) is 19.3 Å². The minimum Gasteiger partial charge on any atom is -0.481 e. The number of carbonyl (C=O) groups is 3. The van der Waals surface area contributed by atoms with E-state index in [-0.39, 0.29) is 51.4 Å². The van der Waals surface area contributed by atoms with Crippen LogP contribution in [0.5, 0.6) is 0 Å². The number of allylic oxidation sites excluding steroid dienone is 3. The fourth-order valence-corrected chi connectivity index (χ4v) is 11.1. The summed E-state index contributed by atoms with van der Waals surface area (Å²) in [5.74, 6) is -0.829. The smallest absolute Gasteiger partial charge is 0.309 e. The Labute approximate surface area is 250 Å². The molecule has 4 nitrogen and oxygen atoms in total. The molecule has 6 rings (SSSR count). The number of carboxylic acids is 1. The lowest BCUT2D eigenvalue weighted by Gasteiger charge is -2.70. The summed E-state index contributed by atoms with van der Waals surface area (Å²) in [5, 5.41) is 10.2. The summed E-state index contributed by atoms with van der Waals surface area (Å²) in [6, 6.07) is 6.25. The summed E-state index contributed by atoms with van der Waals surface area (Å²) in [6.45, 7) is 15.3. The normalized spacial score (nSPS) is 45.3. The number of aliphatic carboxylic acids is 1. The van der Waals surface area contributed by atoms with Crippen LogP contribution in [-0.2, 0) is 14.4 Å². The maximum atomic E-state index is 14.6. The third-order valence-electron chi connectivity index (χ3n) is 13.9. The van der Waals surface area contributed by atoms with Crippen LogP contribution in [0.15, 0.2) is 41.5 Å². The third kappa shape index (κ3) is 3.80. The molecule has 226 valence electrons. The molecule has 8 atom stereocenters. The average Bonchev–Trinajstić information content (AvgIpc) is 2.90. The van der Waals surface area contributed by atoms with Crippen molar-refractivity contribution in [2.45, 2.75) is 99.8 Å². The standard InChI is InChI=1S/C37H47FO4/c1-32(2)28-12-13-37(7)29(35(28,5)20-23(30(32)40)18-22-8-10-24(38)11-9-22)27(39)19-25-26-21-34(4,31(41)42)15-14-33(26,3)16-17-36(25,37)6/h8-11,18-19,26,28-29H,12-17,20-21H2,1-7H3,(H,41,42)/b23-18+. The summed E-state index contributed by atoms with van der Waals surface area (Å²) in [6.07, 6.45) is 10.3. The second-order valence-electron chi connectivity index (χ2n) is 16.5. The van der Waals surface area contributed by atoms with Crippen LogP contribution < -0.4 is 0 Å².